The Morgan fingerprint density at radius 1 is 1.15 bits per heavy atom. The molecule has 184 valence electrons. The SMILES string of the molecule is CCCCCCCN1C(=O)/C(=C\c2c(C)c(C#N)c(=O)n(CC)c2N2CCC(C)CC2)SC1=S. The molecule has 0 aromatic carbocycles. The monoisotopic (exact) mass is 500 g/mol. The van der Waals surface area contributed by atoms with Crippen LogP contribution in [0.4, 0.5) is 5.82 Å². The molecule has 6 nitrogen and oxygen atoms in total. The van der Waals surface area contributed by atoms with Crippen molar-refractivity contribution in [1.82, 2.24) is 9.47 Å². The van der Waals surface area contributed by atoms with Gasteiger partial charge in [-0.05, 0) is 50.7 Å². The number of hydrogen-bond acceptors (Lipinski definition) is 6. The van der Waals surface area contributed by atoms with Crippen LogP contribution < -0.4 is 10.5 Å². The summed E-state index contributed by atoms with van der Waals surface area (Å²) in [7, 11) is 0. The first-order chi connectivity index (χ1) is 16.3. The number of carbonyl (C=O) groups excluding carboxylic acids is 1. The molecule has 1 aromatic heterocycles. The van der Waals surface area contributed by atoms with E-state index < -0.39 is 0 Å². The Bertz CT molecular complexity index is 1060. The molecule has 0 aliphatic carbocycles. The van der Waals surface area contributed by atoms with Crippen LogP contribution in [0.3, 0.4) is 0 Å². The first-order valence-corrected chi connectivity index (χ1v) is 13.7. The Morgan fingerprint density at radius 2 is 1.82 bits per heavy atom. The van der Waals surface area contributed by atoms with Crippen molar-refractivity contribution in [1.29, 1.82) is 5.26 Å². The van der Waals surface area contributed by atoms with Gasteiger partial charge in [0.2, 0.25) is 0 Å². The molecule has 1 aromatic rings. The molecule has 2 saturated heterocycles. The maximum atomic E-state index is 13.3. The van der Waals surface area contributed by atoms with E-state index in [1.165, 1.54) is 31.0 Å². The van der Waals surface area contributed by atoms with E-state index in [1.807, 2.05) is 19.9 Å². The molecule has 3 rings (SSSR count). The van der Waals surface area contributed by atoms with Crippen molar-refractivity contribution in [2.45, 2.75) is 79.2 Å². The number of thioether (sulfide) groups is 1. The molecule has 0 saturated carbocycles. The molecule has 0 spiro atoms. The lowest BCUT2D eigenvalue weighted by Crippen LogP contribution is -2.39. The standard InChI is InChI=1S/C26H36N4O2S2/c1-5-7-8-9-10-13-30-25(32)22(34-26(30)33)16-20-19(4)21(17-27)24(31)29(6-2)23(20)28-14-11-18(3)12-15-28/h16,18H,5-15H2,1-4H3/b22-16+. The fourth-order valence-electron chi connectivity index (χ4n) is 4.70. The predicted molar refractivity (Wildman–Crippen MR) is 145 cm³/mol. The zero-order valence-electron chi connectivity index (χ0n) is 20.9. The van der Waals surface area contributed by atoms with Crippen LogP contribution in [0.5, 0.6) is 0 Å². The van der Waals surface area contributed by atoms with E-state index in [2.05, 4.69) is 24.8 Å². The summed E-state index contributed by atoms with van der Waals surface area (Å²) in [5, 5.41) is 9.74. The van der Waals surface area contributed by atoms with Crippen LogP contribution in [0.2, 0.25) is 0 Å². The first-order valence-electron chi connectivity index (χ1n) is 12.5. The lowest BCUT2D eigenvalue weighted by atomic mass is 9.97. The summed E-state index contributed by atoms with van der Waals surface area (Å²) in [4.78, 5) is 30.9. The van der Waals surface area contributed by atoms with Crippen LogP contribution in [0.15, 0.2) is 9.70 Å². The van der Waals surface area contributed by atoms with E-state index in [0.717, 1.165) is 50.2 Å². The summed E-state index contributed by atoms with van der Waals surface area (Å²) in [6.45, 7) is 11.0. The van der Waals surface area contributed by atoms with Gasteiger partial charge in [-0.15, -0.1) is 0 Å². The van der Waals surface area contributed by atoms with Gasteiger partial charge in [-0.2, -0.15) is 5.26 Å². The Labute approximate surface area is 213 Å². The van der Waals surface area contributed by atoms with Gasteiger partial charge in [-0.1, -0.05) is 63.5 Å². The number of unbranched alkanes of at least 4 members (excludes halogenated alkanes) is 4. The molecular formula is C26H36N4O2S2. The molecule has 34 heavy (non-hydrogen) atoms. The van der Waals surface area contributed by atoms with E-state index in [1.54, 1.807) is 9.47 Å². The van der Waals surface area contributed by atoms with Crippen LogP contribution >= 0.6 is 24.0 Å². The summed E-state index contributed by atoms with van der Waals surface area (Å²) in [6, 6.07) is 2.11. The number of nitrogens with zero attached hydrogens (tertiary/aromatic N) is 4. The van der Waals surface area contributed by atoms with Crippen LogP contribution in [0.1, 0.15) is 82.4 Å². The second-order valence-corrected chi connectivity index (χ2v) is 11.0. The third-order valence-electron chi connectivity index (χ3n) is 6.88. The second kappa shape index (κ2) is 12.0. The van der Waals surface area contributed by atoms with E-state index >= 15 is 0 Å². The normalized spacial score (nSPS) is 18.3. The molecule has 2 aliphatic heterocycles. The molecule has 0 radical (unpaired) electrons. The molecule has 2 aliphatic rings. The third-order valence-corrected chi connectivity index (χ3v) is 8.26. The van der Waals surface area contributed by atoms with Crippen molar-refractivity contribution in [3.63, 3.8) is 0 Å². The van der Waals surface area contributed by atoms with Crippen molar-refractivity contribution < 1.29 is 4.79 Å². The number of anilines is 1. The van der Waals surface area contributed by atoms with Crippen molar-refractivity contribution in [2.75, 3.05) is 24.5 Å². The van der Waals surface area contributed by atoms with Gasteiger partial charge < -0.3 is 4.90 Å². The van der Waals surface area contributed by atoms with E-state index in [9.17, 15) is 14.9 Å². The maximum absolute atomic E-state index is 13.3. The molecule has 0 bridgehead atoms. The molecule has 2 fully saturated rings. The summed E-state index contributed by atoms with van der Waals surface area (Å²) in [5.74, 6) is 1.39. The number of piperidine rings is 1. The summed E-state index contributed by atoms with van der Waals surface area (Å²) < 4.78 is 2.28. The van der Waals surface area contributed by atoms with Gasteiger partial charge in [0.05, 0.1) is 4.91 Å². The molecule has 3 heterocycles. The van der Waals surface area contributed by atoms with E-state index in [0.29, 0.717) is 33.8 Å². The van der Waals surface area contributed by atoms with Crippen LogP contribution in [0.25, 0.3) is 6.08 Å². The predicted octanol–water partition coefficient (Wildman–Crippen LogP) is 5.46. The lowest BCUT2D eigenvalue weighted by Gasteiger charge is -2.35. The fourth-order valence-corrected chi connectivity index (χ4v) is 5.99. The maximum Gasteiger partial charge on any atom is 0.270 e. The van der Waals surface area contributed by atoms with Crippen LogP contribution in [-0.4, -0.2) is 39.3 Å². The Balaban J connectivity index is 2.00. The summed E-state index contributed by atoms with van der Waals surface area (Å²) >= 11 is 6.86. The Morgan fingerprint density at radius 3 is 2.44 bits per heavy atom. The molecule has 0 unspecified atom stereocenters. The Kier molecular flexibility index (Phi) is 9.38. The summed E-state index contributed by atoms with van der Waals surface area (Å²) in [6.07, 6.45) is 9.57. The molecule has 0 atom stereocenters. The first kappa shape index (κ1) is 26.5. The molecular weight excluding hydrogens is 464 g/mol. The number of aromatic nitrogens is 1. The van der Waals surface area contributed by atoms with Gasteiger partial charge in [0, 0.05) is 31.7 Å². The van der Waals surface area contributed by atoms with Gasteiger partial charge >= 0.3 is 0 Å². The lowest BCUT2D eigenvalue weighted by molar-refractivity contribution is -0.122. The van der Waals surface area contributed by atoms with Crippen molar-refractivity contribution in [2.24, 2.45) is 5.92 Å². The number of carbonyl (C=O) groups is 1. The number of hydrogen-bond donors (Lipinski definition) is 0. The minimum atomic E-state index is -0.257. The quantitative estimate of drug-likeness (QED) is 0.255. The highest BCUT2D eigenvalue weighted by molar-refractivity contribution is 8.26. The number of thiocarbonyl (C=S) groups is 1. The van der Waals surface area contributed by atoms with Gasteiger partial charge in [-0.25, -0.2) is 0 Å². The Hall–Kier alpha value is -2.11. The third kappa shape index (κ3) is 5.58. The van der Waals surface area contributed by atoms with Crippen molar-refractivity contribution >= 4 is 46.1 Å². The molecule has 0 N–H and O–H groups in total. The zero-order chi connectivity index (χ0) is 24.8. The number of nitriles is 1. The summed E-state index contributed by atoms with van der Waals surface area (Å²) in [5.41, 5.74) is 1.31. The van der Waals surface area contributed by atoms with Crippen molar-refractivity contribution in [3.05, 3.63) is 31.9 Å². The highest BCUT2D eigenvalue weighted by atomic mass is 32.2. The topological polar surface area (TPSA) is 69.3 Å². The van der Waals surface area contributed by atoms with Gasteiger partial charge in [-0.3, -0.25) is 19.1 Å². The average Bonchev–Trinajstić information content (AvgIpc) is 3.08. The van der Waals surface area contributed by atoms with Crippen LogP contribution in [-0.2, 0) is 11.3 Å². The van der Waals surface area contributed by atoms with Crippen LogP contribution in [0, 0.1) is 24.2 Å². The largest absolute Gasteiger partial charge is 0.357 e. The van der Waals surface area contributed by atoms with Gasteiger partial charge in [0.25, 0.3) is 11.5 Å². The molecule has 8 heteroatoms. The zero-order valence-corrected chi connectivity index (χ0v) is 22.5. The average molecular weight is 501 g/mol. The highest BCUT2D eigenvalue weighted by Gasteiger charge is 2.33. The number of pyridine rings is 1. The number of amides is 1. The molecule has 1 amide bonds. The minimum Gasteiger partial charge on any atom is -0.357 e. The highest BCUT2D eigenvalue weighted by Crippen LogP contribution is 2.36. The smallest absolute Gasteiger partial charge is 0.270 e. The fraction of sp³-hybridized carbons (Fsp3) is 0.615. The van der Waals surface area contributed by atoms with E-state index in [-0.39, 0.29) is 17.0 Å². The van der Waals surface area contributed by atoms with Gasteiger partial charge in [0.1, 0.15) is 21.8 Å². The van der Waals surface area contributed by atoms with Crippen molar-refractivity contribution in [3.8, 4) is 6.07 Å². The minimum absolute atomic E-state index is 0.0733. The second-order valence-electron chi connectivity index (χ2n) is 9.32. The van der Waals surface area contributed by atoms with E-state index in [4.69, 9.17) is 12.2 Å². The van der Waals surface area contributed by atoms with Gasteiger partial charge in [0.15, 0.2) is 0 Å². The number of rotatable bonds is 9.